The molecule has 0 heterocycles. The van der Waals surface area contributed by atoms with Crippen molar-refractivity contribution in [2.75, 3.05) is 0 Å². The Labute approximate surface area is 73.6 Å². The van der Waals surface area contributed by atoms with Gasteiger partial charge in [-0.2, -0.15) is 0 Å². The Kier molecular flexibility index (Phi) is 2.58. The molecule has 1 atom stereocenters. The van der Waals surface area contributed by atoms with Crippen LogP contribution in [0.2, 0.25) is 0 Å². The molecule has 0 saturated carbocycles. The number of carbonyl (C=O) groups is 1. The molecule has 0 bridgehead atoms. The molecule has 0 saturated heterocycles. The average Bonchev–Trinajstić information content (AvgIpc) is 2.09. The number of hydrogen-bond acceptors (Lipinski definition) is 2. The van der Waals surface area contributed by atoms with Crippen LogP contribution in [0.25, 0.3) is 0 Å². The van der Waals surface area contributed by atoms with Crippen molar-refractivity contribution in [1.82, 2.24) is 0 Å². The van der Waals surface area contributed by atoms with Crippen molar-refractivity contribution in [2.45, 2.75) is 20.3 Å². The van der Waals surface area contributed by atoms with E-state index in [1.54, 1.807) is 6.92 Å². The van der Waals surface area contributed by atoms with Crippen LogP contribution in [-0.2, 0) is 9.36 Å². The summed E-state index contributed by atoms with van der Waals surface area (Å²) in [6, 6.07) is 0. The maximum atomic E-state index is 11.2. The van der Waals surface area contributed by atoms with Crippen molar-refractivity contribution in [1.29, 1.82) is 0 Å². The van der Waals surface area contributed by atoms with E-state index in [9.17, 15) is 9.36 Å². The monoisotopic (exact) mass is 182 g/mol. The summed E-state index contributed by atoms with van der Waals surface area (Å²) >= 11 is 0. The van der Waals surface area contributed by atoms with E-state index in [-0.39, 0.29) is 5.52 Å². The highest BCUT2D eigenvalue weighted by molar-refractivity contribution is 7.46. The van der Waals surface area contributed by atoms with Gasteiger partial charge in [-0.25, -0.2) is 0 Å². The maximum Gasteiger partial charge on any atom is 0.232 e. The maximum absolute atomic E-state index is 11.2. The van der Waals surface area contributed by atoms with Crippen molar-refractivity contribution in [3.8, 4) is 0 Å². The van der Waals surface area contributed by atoms with Gasteiger partial charge in [0.05, 0.1) is 5.41 Å². The first-order valence-electron chi connectivity index (χ1n) is 3.82. The van der Waals surface area contributed by atoms with Crippen molar-refractivity contribution in [3.05, 3.63) is 23.8 Å². The van der Waals surface area contributed by atoms with Gasteiger partial charge in [-0.3, -0.25) is 9.36 Å². The molecule has 12 heavy (non-hydrogen) atoms. The Balaban J connectivity index is 2.85. The zero-order chi connectivity index (χ0) is 9.19. The largest absolute Gasteiger partial charge is 0.285 e. The number of carbonyl (C=O) groups excluding carboxylic acids is 1. The lowest BCUT2D eigenvalue weighted by atomic mass is 9.83. The first kappa shape index (κ1) is 9.34. The van der Waals surface area contributed by atoms with E-state index < -0.39 is 13.9 Å². The minimum atomic E-state index is -0.553. The fourth-order valence-corrected chi connectivity index (χ4v) is 1.46. The lowest BCUT2D eigenvalue weighted by Crippen LogP contribution is -2.21. The zero-order valence-corrected chi connectivity index (χ0v) is 8.10. The average molecular weight is 182 g/mol. The van der Waals surface area contributed by atoms with Gasteiger partial charge in [0.15, 0.2) is 0 Å². The molecule has 0 aliphatic heterocycles. The van der Waals surface area contributed by atoms with Crippen LogP contribution in [-0.4, -0.2) is 5.52 Å². The van der Waals surface area contributed by atoms with Crippen LogP contribution in [0.1, 0.15) is 20.3 Å². The van der Waals surface area contributed by atoms with Crippen LogP contribution in [0.5, 0.6) is 0 Å². The predicted molar refractivity (Wildman–Crippen MR) is 48.2 cm³/mol. The molecular weight excluding hydrogens is 171 g/mol. The summed E-state index contributed by atoms with van der Waals surface area (Å²) in [6.45, 7) is 3.79. The second kappa shape index (κ2) is 3.32. The third kappa shape index (κ3) is 1.70. The summed E-state index contributed by atoms with van der Waals surface area (Å²) in [5.41, 5.74) is 0.355. The normalized spacial score (nSPS) is 28.7. The van der Waals surface area contributed by atoms with E-state index in [1.165, 1.54) is 0 Å². The highest BCUT2D eigenvalue weighted by Gasteiger charge is 2.30. The van der Waals surface area contributed by atoms with Crippen LogP contribution < -0.4 is 0 Å². The molecule has 0 aromatic carbocycles. The summed E-state index contributed by atoms with van der Waals surface area (Å²) in [5.74, 6) is 0. The van der Waals surface area contributed by atoms with Crippen LogP contribution in [0, 0.1) is 5.41 Å². The van der Waals surface area contributed by atoms with Crippen LogP contribution in [0.3, 0.4) is 0 Å². The van der Waals surface area contributed by atoms with Gasteiger partial charge in [-0.15, -0.1) is 0 Å². The van der Waals surface area contributed by atoms with Gasteiger partial charge in [0.25, 0.3) is 0 Å². The first-order chi connectivity index (χ1) is 5.58. The molecule has 0 N–H and O–H groups in total. The molecule has 0 radical (unpaired) electrons. The summed E-state index contributed by atoms with van der Waals surface area (Å²) in [7, 11) is -0.391. The molecule has 0 fully saturated rings. The van der Waals surface area contributed by atoms with E-state index in [4.69, 9.17) is 0 Å². The molecule has 1 unspecified atom stereocenters. The number of allylic oxidation sites excluding steroid dienone is 4. The van der Waals surface area contributed by atoms with Gasteiger partial charge < -0.3 is 0 Å². The Hall–Kier alpha value is -0.750. The van der Waals surface area contributed by atoms with Crippen LogP contribution in [0.15, 0.2) is 23.8 Å². The molecule has 0 spiro atoms. The third-order valence-corrected chi connectivity index (χ3v) is 2.81. The summed E-state index contributed by atoms with van der Waals surface area (Å²) in [5, 5.41) is 0. The van der Waals surface area contributed by atoms with Crippen molar-refractivity contribution >= 4 is 14.0 Å². The van der Waals surface area contributed by atoms with Gasteiger partial charge in [-0.05, 0) is 20.3 Å². The Morgan fingerprint density at radius 3 is 2.75 bits per heavy atom. The van der Waals surface area contributed by atoms with Gasteiger partial charge >= 0.3 is 0 Å². The highest BCUT2D eigenvalue weighted by atomic mass is 31.1. The minimum absolute atomic E-state index is 0.248. The van der Waals surface area contributed by atoms with Crippen molar-refractivity contribution in [2.24, 2.45) is 5.41 Å². The highest BCUT2D eigenvalue weighted by Crippen LogP contribution is 2.33. The van der Waals surface area contributed by atoms with E-state index in [2.05, 4.69) is 0 Å². The Morgan fingerprint density at radius 1 is 1.67 bits per heavy atom. The Bertz CT molecular complexity index is 278. The van der Waals surface area contributed by atoms with E-state index in [0.29, 0.717) is 6.42 Å². The summed E-state index contributed by atoms with van der Waals surface area (Å²) < 4.78 is 10.4. The molecule has 0 aromatic rings. The van der Waals surface area contributed by atoms with Crippen molar-refractivity contribution in [3.63, 3.8) is 0 Å². The lowest BCUT2D eigenvalue weighted by Gasteiger charge is -2.22. The Morgan fingerprint density at radius 2 is 2.33 bits per heavy atom. The first-order valence-corrected chi connectivity index (χ1v) is 4.63. The van der Waals surface area contributed by atoms with Gasteiger partial charge in [-0.1, -0.05) is 23.8 Å². The van der Waals surface area contributed by atoms with Crippen molar-refractivity contribution < 1.29 is 9.36 Å². The van der Waals surface area contributed by atoms with E-state index in [1.807, 2.05) is 25.2 Å². The second-order valence-corrected chi connectivity index (χ2v) is 3.89. The molecule has 3 heteroatoms. The van der Waals surface area contributed by atoms with Crippen LogP contribution >= 0.6 is 8.46 Å². The van der Waals surface area contributed by atoms with E-state index >= 15 is 0 Å². The van der Waals surface area contributed by atoms with Crippen LogP contribution in [0.4, 0.5) is 0 Å². The molecule has 1 aliphatic rings. The summed E-state index contributed by atoms with van der Waals surface area (Å²) in [4.78, 5) is 11.2. The second-order valence-electron chi connectivity index (χ2n) is 3.30. The van der Waals surface area contributed by atoms with Gasteiger partial charge in [0.2, 0.25) is 14.0 Å². The summed E-state index contributed by atoms with van der Waals surface area (Å²) in [6.07, 6.45) is 6.37. The molecule has 2 nitrogen and oxygen atoms in total. The SMILES string of the molecule is CC1=CCC(C)(C(=O)P=O)C=C1. The quantitative estimate of drug-likeness (QED) is 0.615. The van der Waals surface area contributed by atoms with E-state index in [0.717, 1.165) is 5.57 Å². The molecule has 1 aliphatic carbocycles. The molecular formula is C9H11O2P. The van der Waals surface area contributed by atoms with Gasteiger partial charge in [0.1, 0.15) is 0 Å². The minimum Gasteiger partial charge on any atom is -0.285 e. The third-order valence-electron chi connectivity index (χ3n) is 2.13. The predicted octanol–water partition coefficient (Wildman–Crippen LogP) is 2.72. The number of hydrogen-bond donors (Lipinski definition) is 0. The lowest BCUT2D eigenvalue weighted by molar-refractivity contribution is -0.117. The molecule has 1 rings (SSSR count). The fraction of sp³-hybridized carbons (Fsp3) is 0.444. The topological polar surface area (TPSA) is 34.1 Å². The van der Waals surface area contributed by atoms with Gasteiger partial charge in [0, 0.05) is 0 Å². The molecule has 64 valence electrons. The molecule has 0 amide bonds. The zero-order valence-electron chi connectivity index (χ0n) is 7.20. The molecule has 0 aromatic heterocycles. The fourth-order valence-electron chi connectivity index (χ4n) is 1.09. The smallest absolute Gasteiger partial charge is 0.232 e. The standard InChI is InChI=1S/C9H11O2P/c1-7-3-5-9(2,6-4-7)8(10)12-11/h3-5H,6H2,1-2H3. The number of rotatable bonds is 2.